The molecule has 2 heterocycles. The molecular formula is C26H26N2O4S2. The van der Waals surface area contributed by atoms with Gasteiger partial charge in [0.25, 0.3) is 5.56 Å². The molecule has 0 spiro atoms. The van der Waals surface area contributed by atoms with Crippen molar-refractivity contribution in [2.75, 3.05) is 14.2 Å². The fraction of sp³-hybridized carbons (Fsp3) is 0.269. The fourth-order valence-corrected chi connectivity index (χ4v) is 6.02. The Balaban J connectivity index is 1.87. The van der Waals surface area contributed by atoms with Crippen LogP contribution in [0.25, 0.3) is 15.9 Å². The van der Waals surface area contributed by atoms with Crippen LogP contribution in [-0.2, 0) is 12.2 Å². The summed E-state index contributed by atoms with van der Waals surface area (Å²) in [6.45, 7) is 5.61. The van der Waals surface area contributed by atoms with Crippen LogP contribution >= 0.6 is 23.1 Å². The van der Waals surface area contributed by atoms with E-state index in [4.69, 9.17) is 14.5 Å². The van der Waals surface area contributed by atoms with Crippen LogP contribution in [0.1, 0.15) is 40.2 Å². The molecule has 34 heavy (non-hydrogen) atoms. The van der Waals surface area contributed by atoms with Crippen molar-refractivity contribution < 1.29 is 14.3 Å². The lowest BCUT2D eigenvalue weighted by Crippen LogP contribution is -2.21. The van der Waals surface area contributed by atoms with E-state index in [0.29, 0.717) is 39.0 Å². The highest BCUT2D eigenvalue weighted by atomic mass is 32.2. The number of rotatable bonds is 8. The van der Waals surface area contributed by atoms with Crippen LogP contribution in [-0.4, -0.2) is 29.6 Å². The highest BCUT2D eigenvalue weighted by molar-refractivity contribution is 7.98. The molecule has 2 aromatic carbocycles. The third kappa shape index (κ3) is 4.48. The van der Waals surface area contributed by atoms with E-state index in [-0.39, 0.29) is 11.3 Å². The molecule has 0 atom stereocenters. The number of nitrogens with zero attached hydrogens (tertiary/aromatic N) is 2. The summed E-state index contributed by atoms with van der Waals surface area (Å²) in [5.41, 5.74) is 3.06. The van der Waals surface area contributed by atoms with Crippen LogP contribution in [0, 0.1) is 6.92 Å². The number of aromatic nitrogens is 2. The lowest BCUT2D eigenvalue weighted by molar-refractivity contribution is 0.101. The molecule has 0 N–H and O–H groups in total. The molecule has 0 unspecified atom stereocenters. The van der Waals surface area contributed by atoms with E-state index in [1.807, 2.05) is 37.3 Å². The van der Waals surface area contributed by atoms with Crippen molar-refractivity contribution in [1.82, 2.24) is 9.55 Å². The number of aryl methyl sites for hydroxylation is 2. The van der Waals surface area contributed by atoms with E-state index < -0.39 is 0 Å². The van der Waals surface area contributed by atoms with Crippen molar-refractivity contribution in [2.45, 2.75) is 38.1 Å². The molecule has 0 aliphatic rings. The molecule has 0 amide bonds. The number of carbonyl (C=O) groups excluding carboxylic acids is 1. The van der Waals surface area contributed by atoms with Gasteiger partial charge in [-0.15, -0.1) is 11.3 Å². The van der Waals surface area contributed by atoms with Gasteiger partial charge in [0, 0.05) is 27.8 Å². The van der Waals surface area contributed by atoms with Gasteiger partial charge in [0.15, 0.2) is 10.9 Å². The zero-order valence-electron chi connectivity index (χ0n) is 19.8. The van der Waals surface area contributed by atoms with E-state index in [0.717, 1.165) is 27.3 Å². The Hall–Kier alpha value is -3.10. The van der Waals surface area contributed by atoms with Gasteiger partial charge in [-0.05, 0) is 56.2 Å². The third-order valence-corrected chi connectivity index (χ3v) is 8.03. The van der Waals surface area contributed by atoms with Crippen LogP contribution in [0.5, 0.6) is 11.5 Å². The van der Waals surface area contributed by atoms with Crippen molar-refractivity contribution in [3.8, 4) is 17.2 Å². The van der Waals surface area contributed by atoms with Crippen molar-refractivity contribution in [3.05, 3.63) is 74.4 Å². The molecule has 4 rings (SSSR count). The van der Waals surface area contributed by atoms with E-state index in [1.165, 1.54) is 11.8 Å². The van der Waals surface area contributed by atoms with Crippen LogP contribution < -0.4 is 15.0 Å². The Morgan fingerprint density at radius 2 is 1.94 bits per heavy atom. The summed E-state index contributed by atoms with van der Waals surface area (Å²) in [7, 11) is 3.21. The quantitative estimate of drug-likeness (QED) is 0.174. The van der Waals surface area contributed by atoms with Gasteiger partial charge in [0.2, 0.25) is 0 Å². The number of hydrogen-bond acceptors (Lipinski definition) is 7. The van der Waals surface area contributed by atoms with Crippen LogP contribution in [0.3, 0.4) is 0 Å². The number of thioether (sulfide) groups is 1. The van der Waals surface area contributed by atoms with Gasteiger partial charge in [-0.2, -0.15) is 0 Å². The summed E-state index contributed by atoms with van der Waals surface area (Å²) in [5, 5.41) is 1.23. The second kappa shape index (κ2) is 10.0. The van der Waals surface area contributed by atoms with Gasteiger partial charge in [-0.25, -0.2) is 4.98 Å². The molecule has 0 aliphatic carbocycles. The second-order valence-electron chi connectivity index (χ2n) is 7.79. The zero-order chi connectivity index (χ0) is 24.4. The first-order valence-electron chi connectivity index (χ1n) is 10.9. The van der Waals surface area contributed by atoms with Crippen LogP contribution in [0.4, 0.5) is 0 Å². The van der Waals surface area contributed by atoms with Crippen molar-refractivity contribution in [3.63, 3.8) is 0 Å². The molecule has 176 valence electrons. The lowest BCUT2D eigenvalue weighted by atomic mass is 10.1. The van der Waals surface area contributed by atoms with Crippen LogP contribution in [0.15, 0.2) is 52.4 Å². The second-order valence-corrected chi connectivity index (χ2v) is 9.82. The minimum atomic E-state index is -0.0985. The summed E-state index contributed by atoms with van der Waals surface area (Å²) < 4.78 is 12.6. The van der Waals surface area contributed by atoms with Gasteiger partial charge < -0.3 is 9.47 Å². The molecular weight excluding hydrogens is 468 g/mol. The van der Waals surface area contributed by atoms with Gasteiger partial charge in [0.1, 0.15) is 16.3 Å². The summed E-state index contributed by atoms with van der Waals surface area (Å²) in [6.07, 6.45) is 0.850. The molecule has 0 bridgehead atoms. The van der Waals surface area contributed by atoms with Crippen molar-refractivity contribution >= 4 is 39.1 Å². The molecule has 6 nitrogen and oxygen atoms in total. The summed E-state index contributed by atoms with van der Waals surface area (Å²) in [4.78, 5) is 32.5. The van der Waals surface area contributed by atoms with E-state index in [1.54, 1.807) is 49.2 Å². The Kier molecular flexibility index (Phi) is 7.09. The minimum Gasteiger partial charge on any atom is -0.497 e. The van der Waals surface area contributed by atoms with Crippen molar-refractivity contribution in [1.29, 1.82) is 0 Å². The number of hydrogen-bond donors (Lipinski definition) is 0. The predicted octanol–water partition coefficient (Wildman–Crippen LogP) is 5.83. The Labute approximate surface area is 206 Å². The van der Waals surface area contributed by atoms with Crippen LogP contribution in [0.2, 0.25) is 0 Å². The third-order valence-electron chi connectivity index (χ3n) is 5.71. The molecule has 2 aromatic heterocycles. The Bertz CT molecular complexity index is 1440. The highest BCUT2D eigenvalue weighted by Gasteiger charge is 2.20. The number of fused-ring (bicyclic) bond motifs is 1. The number of ketones is 1. The minimum absolute atomic E-state index is 0.0112. The van der Waals surface area contributed by atoms with Gasteiger partial charge in [-0.3, -0.25) is 14.2 Å². The average Bonchev–Trinajstić information content (AvgIpc) is 3.17. The molecule has 0 aliphatic heterocycles. The maximum Gasteiger partial charge on any atom is 0.267 e. The first kappa shape index (κ1) is 24.0. The molecule has 0 fully saturated rings. The number of carbonyl (C=O) groups is 1. The average molecular weight is 495 g/mol. The van der Waals surface area contributed by atoms with E-state index in [2.05, 4.69) is 6.92 Å². The molecule has 0 saturated heterocycles. The normalized spacial score (nSPS) is 11.1. The smallest absolute Gasteiger partial charge is 0.267 e. The Morgan fingerprint density at radius 1 is 1.15 bits per heavy atom. The zero-order valence-corrected chi connectivity index (χ0v) is 21.4. The SMILES string of the molecule is CCc1sc2nc(SCc3cc(C(C)=O)ccc3OC)n(-c3cccc(OC)c3)c(=O)c2c1C. The summed E-state index contributed by atoms with van der Waals surface area (Å²) >= 11 is 3.00. The Morgan fingerprint density at radius 3 is 2.62 bits per heavy atom. The maximum absolute atomic E-state index is 13.8. The number of thiophene rings is 1. The van der Waals surface area contributed by atoms with Crippen molar-refractivity contribution in [2.24, 2.45) is 0 Å². The topological polar surface area (TPSA) is 70.4 Å². The molecule has 8 heteroatoms. The molecule has 4 aromatic rings. The standard InChI is InChI=1S/C26H26N2O4S2/c1-6-22-15(2)23-24(34-22)27-26(28(25(23)30)19-8-7-9-20(13-19)31-4)33-14-18-12-17(16(3)29)10-11-21(18)32-5/h7-13H,6,14H2,1-5H3. The fourth-order valence-electron chi connectivity index (χ4n) is 3.87. The van der Waals surface area contributed by atoms with Gasteiger partial charge in [0.05, 0.1) is 25.3 Å². The van der Waals surface area contributed by atoms with Gasteiger partial charge in [-0.1, -0.05) is 24.8 Å². The van der Waals surface area contributed by atoms with Gasteiger partial charge >= 0.3 is 0 Å². The highest BCUT2D eigenvalue weighted by Crippen LogP contribution is 2.33. The first-order chi connectivity index (χ1) is 16.4. The predicted molar refractivity (Wildman–Crippen MR) is 138 cm³/mol. The maximum atomic E-state index is 13.8. The monoisotopic (exact) mass is 494 g/mol. The number of methoxy groups -OCH3 is 2. The summed E-state index contributed by atoms with van der Waals surface area (Å²) in [5.74, 6) is 1.82. The number of Topliss-reactive ketones (excluding diaryl/α,β-unsaturated/α-hetero) is 1. The first-order valence-corrected chi connectivity index (χ1v) is 12.7. The summed E-state index contributed by atoms with van der Waals surface area (Å²) in [6, 6.07) is 12.8. The lowest BCUT2D eigenvalue weighted by Gasteiger charge is -2.14. The molecule has 0 radical (unpaired) electrons. The number of benzene rings is 2. The molecule has 0 saturated carbocycles. The largest absolute Gasteiger partial charge is 0.497 e. The number of ether oxygens (including phenoxy) is 2. The van der Waals surface area contributed by atoms with E-state index >= 15 is 0 Å². The van der Waals surface area contributed by atoms with E-state index in [9.17, 15) is 9.59 Å².